The van der Waals surface area contributed by atoms with E-state index in [2.05, 4.69) is 33.6 Å². The van der Waals surface area contributed by atoms with E-state index in [1.54, 1.807) is 0 Å². The van der Waals surface area contributed by atoms with Crippen LogP contribution in [0.15, 0.2) is 18.2 Å². The molecule has 0 saturated carbocycles. The number of nitriles is 1. The Balaban J connectivity index is 2.20. The Bertz CT molecular complexity index is 430. The molecular weight excluding hydrogens is 317 g/mol. The molecular formula is C11H12IN3O. The van der Waals surface area contributed by atoms with Crippen LogP contribution in [-0.4, -0.2) is 25.8 Å². The number of nitrogens with two attached hydrogens (primary N) is 1. The minimum atomic E-state index is -0.331. The molecule has 2 rings (SSSR count). The Labute approximate surface area is 108 Å². The maximum Gasteiger partial charge on any atom is 0.161 e. The summed E-state index contributed by atoms with van der Waals surface area (Å²) in [6, 6.07) is 7.96. The van der Waals surface area contributed by atoms with Crippen LogP contribution in [0.2, 0.25) is 0 Å². The Morgan fingerprint density at radius 1 is 1.56 bits per heavy atom. The number of nitrogen functional groups attached to an aromatic ring is 1. The average molecular weight is 329 g/mol. The number of hydrogen-bond acceptors (Lipinski definition) is 4. The second-order valence-corrected chi connectivity index (χ2v) is 4.81. The molecule has 0 radical (unpaired) electrons. The Kier molecular flexibility index (Phi) is 3.51. The Morgan fingerprint density at radius 2 is 2.38 bits per heavy atom. The molecule has 0 amide bonds. The van der Waals surface area contributed by atoms with Crippen LogP contribution in [0.25, 0.3) is 0 Å². The molecule has 1 aromatic carbocycles. The molecule has 16 heavy (non-hydrogen) atoms. The normalized spacial score (nSPS) is 20.5. The van der Waals surface area contributed by atoms with Gasteiger partial charge in [0.2, 0.25) is 0 Å². The largest absolute Gasteiger partial charge is 0.399 e. The van der Waals surface area contributed by atoms with Gasteiger partial charge in [-0.25, -0.2) is 0 Å². The van der Waals surface area contributed by atoms with Crippen molar-refractivity contribution in [3.63, 3.8) is 0 Å². The topological polar surface area (TPSA) is 62.3 Å². The predicted molar refractivity (Wildman–Crippen MR) is 71.1 cm³/mol. The minimum Gasteiger partial charge on any atom is -0.399 e. The van der Waals surface area contributed by atoms with E-state index in [-0.39, 0.29) is 6.10 Å². The molecule has 4 nitrogen and oxygen atoms in total. The first-order chi connectivity index (χ1) is 7.70. The van der Waals surface area contributed by atoms with Crippen molar-refractivity contribution in [2.75, 3.05) is 30.3 Å². The van der Waals surface area contributed by atoms with Gasteiger partial charge in [-0.2, -0.15) is 5.26 Å². The maximum atomic E-state index is 8.85. The van der Waals surface area contributed by atoms with Crippen LogP contribution in [0, 0.1) is 14.9 Å². The van der Waals surface area contributed by atoms with Gasteiger partial charge < -0.3 is 15.4 Å². The fourth-order valence-electron chi connectivity index (χ4n) is 1.73. The summed E-state index contributed by atoms with van der Waals surface area (Å²) in [5.41, 5.74) is 7.60. The van der Waals surface area contributed by atoms with E-state index in [1.807, 2.05) is 18.2 Å². The molecule has 0 aliphatic carbocycles. The van der Waals surface area contributed by atoms with Gasteiger partial charge in [0, 0.05) is 15.8 Å². The van der Waals surface area contributed by atoms with Crippen LogP contribution in [0.1, 0.15) is 0 Å². The van der Waals surface area contributed by atoms with E-state index in [1.165, 1.54) is 0 Å². The van der Waals surface area contributed by atoms with Gasteiger partial charge in [-0.3, -0.25) is 0 Å². The van der Waals surface area contributed by atoms with Gasteiger partial charge in [0.25, 0.3) is 0 Å². The number of nitrogens with zero attached hydrogens (tertiary/aromatic N) is 2. The monoisotopic (exact) mass is 329 g/mol. The number of rotatable bonds is 1. The second kappa shape index (κ2) is 4.89. The molecule has 84 valence electrons. The van der Waals surface area contributed by atoms with Gasteiger partial charge >= 0.3 is 0 Å². The molecule has 1 aromatic rings. The van der Waals surface area contributed by atoms with Crippen molar-refractivity contribution in [2.24, 2.45) is 0 Å². The maximum absolute atomic E-state index is 8.85. The SMILES string of the molecule is N#CC1CN(c2ccc(N)cc2I)CCO1. The molecule has 0 spiro atoms. The molecule has 1 atom stereocenters. The van der Waals surface area contributed by atoms with Crippen LogP contribution in [0.5, 0.6) is 0 Å². The summed E-state index contributed by atoms with van der Waals surface area (Å²) in [5, 5.41) is 8.85. The second-order valence-electron chi connectivity index (χ2n) is 3.65. The highest BCUT2D eigenvalue weighted by Gasteiger charge is 2.21. The summed E-state index contributed by atoms with van der Waals surface area (Å²) in [5.74, 6) is 0. The third kappa shape index (κ3) is 2.39. The first kappa shape index (κ1) is 11.5. The van der Waals surface area contributed by atoms with Gasteiger partial charge in [-0.05, 0) is 40.8 Å². The number of halogens is 1. The highest BCUT2D eigenvalue weighted by molar-refractivity contribution is 14.1. The quantitative estimate of drug-likeness (QED) is 0.628. The van der Waals surface area contributed by atoms with Gasteiger partial charge in [-0.1, -0.05) is 0 Å². The number of benzene rings is 1. The van der Waals surface area contributed by atoms with Crippen molar-refractivity contribution in [2.45, 2.75) is 6.10 Å². The molecule has 5 heteroatoms. The fraction of sp³-hybridized carbons (Fsp3) is 0.364. The third-order valence-corrected chi connectivity index (χ3v) is 3.39. The smallest absolute Gasteiger partial charge is 0.161 e. The molecule has 0 bridgehead atoms. The van der Waals surface area contributed by atoms with E-state index in [0.717, 1.165) is 21.5 Å². The zero-order valence-corrected chi connectivity index (χ0v) is 10.8. The Hall–Kier alpha value is -1.00. The van der Waals surface area contributed by atoms with E-state index in [0.29, 0.717) is 13.2 Å². The molecule has 1 aliphatic heterocycles. The lowest BCUT2D eigenvalue weighted by molar-refractivity contribution is 0.0764. The highest BCUT2D eigenvalue weighted by atomic mass is 127. The summed E-state index contributed by atoms with van der Waals surface area (Å²) in [4.78, 5) is 2.17. The van der Waals surface area contributed by atoms with Crippen LogP contribution in [0.4, 0.5) is 11.4 Å². The minimum absolute atomic E-state index is 0.331. The van der Waals surface area contributed by atoms with Crippen LogP contribution < -0.4 is 10.6 Å². The summed E-state index contributed by atoms with van der Waals surface area (Å²) < 4.78 is 6.42. The molecule has 2 N–H and O–H groups in total. The lowest BCUT2D eigenvalue weighted by Crippen LogP contribution is -2.42. The molecule has 1 fully saturated rings. The molecule has 1 saturated heterocycles. The van der Waals surface area contributed by atoms with Gasteiger partial charge in [0.1, 0.15) is 0 Å². The average Bonchev–Trinajstić information content (AvgIpc) is 2.29. The standard InChI is InChI=1S/C11H12IN3O/c12-10-5-8(14)1-2-11(10)15-3-4-16-9(6-13)7-15/h1-2,5,9H,3-4,7,14H2. The number of anilines is 2. The van der Waals surface area contributed by atoms with E-state index >= 15 is 0 Å². The number of ether oxygens (including phenoxy) is 1. The first-order valence-corrected chi connectivity index (χ1v) is 6.10. The summed E-state index contributed by atoms with van der Waals surface area (Å²) >= 11 is 2.26. The molecule has 0 aromatic heterocycles. The lowest BCUT2D eigenvalue weighted by Gasteiger charge is -2.32. The van der Waals surface area contributed by atoms with Crippen molar-refractivity contribution >= 4 is 34.0 Å². The highest BCUT2D eigenvalue weighted by Crippen LogP contribution is 2.26. The Morgan fingerprint density at radius 3 is 3.06 bits per heavy atom. The van der Waals surface area contributed by atoms with E-state index in [4.69, 9.17) is 15.7 Å². The molecule has 1 heterocycles. The van der Waals surface area contributed by atoms with Crippen molar-refractivity contribution in [1.29, 1.82) is 5.26 Å². The van der Waals surface area contributed by atoms with Crippen LogP contribution in [0.3, 0.4) is 0 Å². The zero-order chi connectivity index (χ0) is 11.5. The molecule has 1 aliphatic rings. The van der Waals surface area contributed by atoms with Crippen LogP contribution in [-0.2, 0) is 4.74 Å². The van der Waals surface area contributed by atoms with Gasteiger partial charge in [-0.15, -0.1) is 0 Å². The van der Waals surface area contributed by atoms with Gasteiger partial charge in [0.15, 0.2) is 6.10 Å². The number of morpholine rings is 1. The van der Waals surface area contributed by atoms with Crippen molar-refractivity contribution < 1.29 is 4.74 Å². The summed E-state index contributed by atoms with van der Waals surface area (Å²) in [7, 11) is 0. The van der Waals surface area contributed by atoms with Gasteiger partial charge in [0.05, 0.1) is 24.9 Å². The first-order valence-electron chi connectivity index (χ1n) is 5.02. The summed E-state index contributed by atoms with van der Waals surface area (Å²) in [6.45, 7) is 2.03. The van der Waals surface area contributed by atoms with Crippen molar-refractivity contribution in [1.82, 2.24) is 0 Å². The van der Waals surface area contributed by atoms with Crippen LogP contribution >= 0.6 is 22.6 Å². The zero-order valence-electron chi connectivity index (χ0n) is 8.69. The van der Waals surface area contributed by atoms with E-state index < -0.39 is 0 Å². The van der Waals surface area contributed by atoms with Crippen molar-refractivity contribution in [3.05, 3.63) is 21.8 Å². The fourth-order valence-corrected chi connectivity index (χ4v) is 2.61. The lowest BCUT2D eigenvalue weighted by atomic mass is 10.2. The third-order valence-electron chi connectivity index (χ3n) is 2.52. The number of hydrogen-bond donors (Lipinski definition) is 1. The van der Waals surface area contributed by atoms with E-state index in [9.17, 15) is 0 Å². The van der Waals surface area contributed by atoms with Crippen molar-refractivity contribution in [3.8, 4) is 6.07 Å². The predicted octanol–water partition coefficient (Wildman–Crippen LogP) is 1.60. The molecule has 1 unspecified atom stereocenters. The summed E-state index contributed by atoms with van der Waals surface area (Å²) in [6.07, 6.45) is -0.331.